The number of hydrogen-bond acceptors (Lipinski definition) is 5. The summed E-state index contributed by atoms with van der Waals surface area (Å²) in [6.45, 7) is 0.540. The number of benzene rings is 2. The number of likely N-dealkylation sites (tertiary alicyclic amines) is 2. The van der Waals surface area contributed by atoms with Crippen molar-refractivity contribution in [1.82, 2.24) is 19.6 Å². The van der Waals surface area contributed by atoms with Crippen molar-refractivity contribution in [3.63, 3.8) is 0 Å². The summed E-state index contributed by atoms with van der Waals surface area (Å²) < 4.78 is 90.1. The van der Waals surface area contributed by atoms with Crippen LogP contribution in [0.4, 0.5) is 26.3 Å². The van der Waals surface area contributed by atoms with Crippen molar-refractivity contribution >= 4 is 17.8 Å². The Bertz CT molecular complexity index is 1840. The predicted molar refractivity (Wildman–Crippen MR) is 173 cm³/mol. The molecule has 2 saturated carbocycles. The largest absolute Gasteiger partial charge is 0.478 e. The first kappa shape index (κ1) is 36.0. The van der Waals surface area contributed by atoms with Gasteiger partial charge in [0.15, 0.2) is 0 Å². The number of aromatic carboxylic acids is 1. The van der Waals surface area contributed by atoms with Crippen molar-refractivity contribution in [2.45, 2.75) is 69.7 Å². The van der Waals surface area contributed by atoms with Gasteiger partial charge in [-0.3, -0.25) is 14.3 Å². The third-order valence-corrected chi connectivity index (χ3v) is 11.4. The highest BCUT2D eigenvalue weighted by molar-refractivity contribution is 5.94. The Morgan fingerprint density at radius 2 is 1.62 bits per heavy atom. The van der Waals surface area contributed by atoms with Gasteiger partial charge >= 0.3 is 12.1 Å². The van der Waals surface area contributed by atoms with E-state index in [4.69, 9.17) is 4.74 Å². The molecule has 2 aromatic carbocycles. The number of alkyl halides is 5. The quantitative estimate of drug-likeness (QED) is 0.238. The zero-order chi connectivity index (χ0) is 37.1. The van der Waals surface area contributed by atoms with Crippen molar-refractivity contribution < 1.29 is 50.6 Å². The number of halogens is 6. The second-order valence-corrected chi connectivity index (χ2v) is 14.9. The Balaban J connectivity index is 1.06. The van der Waals surface area contributed by atoms with Crippen molar-refractivity contribution in [2.24, 2.45) is 16.7 Å². The molecule has 4 fully saturated rings. The molecule has 7 rings (SSSR count). The summed E-state index contributed by atoms with van der Waals surface area (Å²) in [5.41, 5.74) is -1.21. The fraction of sp³-hybridized carbons (Fsp3) is 0.514. The molecule has 1 atom stereocenters. The van der Waals surface area contributed by atoms with Crippen LogP contribution in [-0.2, 0) is 22.7 Å². The maximum Gasteiger partial charge on any atom is 0.403 e. The average Bonchev–Trinajstić information content (AvgIpc) is 3.64. The van der Waals surface area contributed by atoms with Crippen LogP contribution in [0.2, 0.25) is 0 Å². The van der Waals surface area contributed by atoms with Gasteiger partial charge in [0, 0.05) is 56.6 Å². The number of ether oxygens (including phenoxy) is 1. The van der Waals surface area contributed by atoms with E-state index in [2.05, 4.69) is 5.10 Å². The van der Waals surface area contributed by atoms with E-state index in [0.29, 0.717) is 17.7 Å². The Kier molecular flexibility index (Phi) is 9.15. The molecule has 3 heterocycles. The first-order chi connectivity index (χ1) is 24.6. The molecule has 1 aromatic heterocycles. The molecule has 0 radical (unpaired) electrons. The van der Waals surface area contributed by atoms with E-state index < -0.39 is 40.7 Å². The van der Waals surface area contributed by atoms with E-state index in [1.165, 1.54) is 27.9 Å². The van der Waals surface area contributed by atoms with Gasteiger partial charge < -0.3 is 19.6 Å². The molecule has 2 aliphatic heterocycles. The standard InChI is InChI=1S/C37H38F6N4O5/c38-28-6-4-23(5-7-28)15-47-16-26(14-44-47)31(48)45-17-27(34(20-45)21-46(22-34)33(51)35(12-13-35)37(41,42)43)19-52-18-25-2-1-3-29(30(25)32(49)50)24-8-10-36(39,40)11-9-24/h1-7,14,16,24,27H,8-13,15,17-22H2,(H,49,50)/t27-/m0/s1. The Morgan fingerprint density at radius 1 is 0.942 bits per heavy atom. The monoisotopic (exact) mass is 732 g/mol. The predicted octanol–water partition coefficient (Wildman–Crippen LogP) is 6.52. The zero-order valence-corrected chi connectivity index (χ0v) is 28.2. The van der Waals surface area contributed by atoms with Crippen LogP contribution in [0.3, 0.4) is 0 Å². The van der Waals surface area contributed by atoms with Crippen LogP contribution >= 0.6 is 0 Å². The maximum absolute atomic E-state index is 13.8. The molecule has 1 spiro atoms. The summed E-state index contributed by atoms with van der Waals surface area (Å²) in [6, 6.07) is 10.8. The van der Waals surface area contributed by atoms with Crippen molar-refractivity contribution in [2.75, 3.05) is 32.8 Å². The van der Waals surface area contributed by atoms with Gasteiger partial charge in [-0.25, -0.2) is 18.0 Å². The highest BCUT2D eigenvalue weighted by Crippen LogP contribution is 2.60. The number of carboxylic acid groups (broad SMARTS) is 1. The van der Waals surface area contributed by atoms with Gasteiger partial charge in [-0.15, -0.1) is 0 Å². The molecule has 3 aromatic rings. The number of nitrogens with zero attached hydrogens (tertiary/aromatic N) is 4. The number of carboxylic acids is 1. The molecule has 2 saturated heterocycles. The van der Waals surface area contributed by atoms with E-state index in [0.717, 1.165) is 5.56 Å². The maximum atomic E-state index is 13.8. The van der Waals surface area contributed by atoms with E-state index in [1.807, 2.05) is 0 Å². The molecule has 15 heteroatoms. The van der Waals surface area contributed by atoms with Crippen molar-refractivity contribution in [3.05, 3.63) is 88.5 Å². The second kappa shape index (κ2) is 13.2. The highest BCUT2D eigenvalue weighted by Gasteiger charge is 2.71. The lowest BCUT2D eigenvalue weighted by Gasteiger charge is -2.51. The molecule has 4 aliphatic rings. The van der Waals surface area contributed by atoms with E-state index in [-0.39, 0.29) is 107 Å². The molecule has 2 amide bonds. The van der Waals surface area contributed by atoms with Crippen molar-refractivity contribution in [3.8, 4) is 0 Å². The minimum absolute atomic E-state index is 0.00741. The number of carbonyl (C=O) groups is 3. The molecule has 278 valence electrons. The van der Waals surface area contributed by atoms with Gasteiger partial charge in [-0.1, -0.05) is 30.3 Å². The highest BCUT2D eigenvalue weighted by atomic mass is 19.4. The number of aromatic nitrogens is 2. The molecular formula is C37H38F6N4O5. The Labute approximate surface area is 295 Å². The van der Waals surface area contributed by atoms with Crippen LogP contribution < -0.4 is 0 Å². The van der Waals surface area contributed by atoms with Crippen molar-refractivity contribution in [1.29, 1.82) is 0 Å². The number of rotatable bonds is 10. The topological polar surface area (TPSA) is 105 Å². The summed E-state index contributed by atoms with van der Waals surface area (Å²) in [5.74, 6) is -6.40. The number of amides is 2. The first-order valence-electron chi connectivity index (χ1n) is 17.3. The fourth-order valence-electron chi connectivity index (χ4n) is 8.20. The summed E-state index contributed by atoms with van der Waals surface area (Å²) in [7, 11) is 0. The lowest BCUT2D eigenvalue weighted by molar-refractivity contribution is -0.205. The third kappa shape index (κ3) is 6.79. The normalized spacial score (nSPS) is 22.0. The zero-order valence-electron chi connectivity index (χ0n) is 28.2. The van der Waals surface area contributed by atoms with Crippen LogP contribution in [0.1, 0.15) is 81.8 Å². The summed E-state index contributed by atoms with van der Waals surface area (Å²) >= 11 is 0. The molecule has 2 aliphatic carbocycles. The second-order valence-electron chi connectivity index (χ2n) is 14.9. The number of hydrogen-bond donors (Lipinski definition) is 1. The van der Waals surface area contributed by atoms with Gasteiger partial charge in [0.2, 0.25) is 11.8 Å². The van der Waals surface area contributed by atoms with Gasteiger partial charge in [-0.05, 0) is 60.4 Å². The van der Waals surface area contributed by atoms with Crippen LogP contribution in [0.15, 0.2) is 54.9 Å². The summed E-state index contributed by atoms with van der Waals surface area (Å²) in [4.78, 5) is 42.0. The molecule has 9 nitrogen and oxygen atoms in total. The van der Waals surface area contributed by atoms with Crippen LogP contribution in [0, 0.1) is 22.6 Å². The van der Waals surface area contributed by atoms with Crippen LogP contribution in [0.25, 0.3) is 0 Å². The molecule has 0 unspecified atom stereocenters. The molecule has 1 N–H and O–H groups in total. The van der Waals surface area contributed by atoms with Gasteiger partial charge in [0.05, 0.1) is 37.1 Å². The molecular weight excluding hydrogens is 694 g/mol. The third-order valence-electron chi connectivity index (χ3n) is 11.4. The van der Waals surface area contributed by atoms with Crippen LogP contribution in [0.5, 0.6) is 0 Å². The minimum atomic E-state index is -4.66. The fourth-order valence-corrected chi connectivity index (χ4v) is 8.20. The summed E-state index contributed by atoms with van der Waals surface area (Å²) in [5, 5.41) is 14.4. The molecule has 0 bridgehead atoms. The Hall–Kier alpha value is -4.40. The molecule has 52 heavy (non-hydrogen) atoms. The van der Waals surface area contributed by atoms with Gasteiger partial charge in [0.1, 0.15) is 11.2 Å². The van der Waals surface area contributed by atoms with E-state index >= 15 is 0 Å². The Morgan fingerprint density at radius 3 is 2.25 bits per heavy atom. The van der Waals surface area contributed by atoms with E-state index in [9.17, 15) is 45.8 Å². The number of carbonyl (C=O) groups excluding carboxylic acids is 2. The summed E-state index contributed by atoms with van der Waals surface area (Å²) in [6.07, 6.45) is -2.54. The first-order valence-corrected chi connectivity index (χ1v) is 17.3. The van der Waals surface area contributed by atoms with E-state index in [1.54, 1.807) is 41.4 Å². The lowest BCUT2D eigenvalue weighted by atomic mass is 9.71. The van der Waals surface area contributed by atoms with Crippen LogP contribution in [-0.4, -0.2) is 87.4 Å². The minimum Gasteiger partial charge on any atom is -0.478 e. The smallest absolute Gasteiger partial charge is 0.403 e. The average molecular weight is 733 g/mol. The van der Waals surface area contributed by atoms with Gasteiger partial charge in [-0.2, -0.15) is 18.3 Å². The van der Waals surface area contributed by atoms with Gasteiger partial charge in [0.25, 0.3) is 5.91 Å². The SMILES string of the molecule is O=C(O)c1c(COC[C@@H]2CN(C(=O)c3cnn(Cc4ccc(F)cc4)c3)CC23CN(C(=O)C2(C(F)(F)F)CC2)C3)cccc1C1CCC(F)(F)CC1. The lowest BCUT2D eigenvalue weighted by Crippen LogP contribution is -2.65.